The van der Waals surface area contributed by atoms with Gasteiger partial charge in [-0.1, -0.05) is 13.8 Å². The summed E-state index contributed by atoms with van der Waals surface area (Å²) in [5.41, 5.74) is 3.87. The van der Waals surface area contributed by atoms with Crippen LogP contribution in [0.3, 0.4) is 0 Å². The van der Waals surface area contributed by atoms with Crippen molar-refractivity contribution < 1.29 is 37.8 Å². The number of carbonyl (C=O) groups excluding carboxylic acids is 4. The monoisotopic (exact) mass is 834 g/mol. The number of halogens is 2. The number of aromatic nitrogens is 2. The van der Waals surface area contributed by atoms with Gasteiger partial charge >= 0.3 is 0 Å². The molecule has 326 valence electrons. The first-order valence-corrected chi connectivity index (χ1v) is 21.0. The first kappa shape index (κ1) is 44.6. The Kier molecular flexibility index (Phi) is 14.3. The molecule has 2 aliphatic rings. The fraction of sp³-hybridized carbons (Fsp3) is 0.545. The molecule has 2 aliphatic heterocycles. The molecule has 16 heteroatoms. The number of nitrogens with one attached hydrogen (secondary N) is 6. The molecule has 4 heterocycles. The SMILES string of the molecule is CCC(NC(=O)C(C)NC)C(=O)N1CC(O)CC1Cc1c(-c2[nH]c3cc(F)ccc3c2CC2CC(COC)CN2C(=O)C(CC)NC(=O)C(C)NC)[nH]c2cc(F)ccc12. The van der Waals surface area contributed by atoms with Crippen molar-refractivity contribution in [1.29, 1.82) is 0 Å². The molecule has 8 unspecified atom stereocenters. The highest BCUT2D eigenvalue weighted by Gasteiger charge is 2.41. The summed E-state index contributed by atoms with van der Waals surface area (Å²) in [6.07, 6.45) is 1.48. The van der Waals surface area contributed by atoms with Crippen LogP contribution in [0.25, 0.3) is 33.2 Å². The van der Waals surface area contributed by atoms with Crippen LogP contribution in [-0.4, -0.2) is 132 Å². The zero-order valence-corrected chi connectivity index (χ0v) is 35.6. The number of ether oxygens (including phenoxy) is 1. The summed E-state index contributed by atoms with van der Waals surface area (Å²) in [6.45, 7) is 8.06. The number of β-amino-alcohol motifs (C(OH)–C–C–N with tert-alkyl or cyclic N) is 1. The number of methoxy groups -OCH3 is 1. The molecular weight excluding hydrogens is 775 g/mol. The molecule has 2 fully saturated rings. The van der Waals surface area contributed by atoms with Crippen molar-refractivity contribution in [3.05, 3.63) is 59.2 Å². The van der Waals surface area contributed by atoms with Gasteiger partial charge in [-0.05, 0) is 114 Å². The Labute approximate surface area is 349 Å². The van der Waals surface area contributed by atoms with Gasteiger partial charge < -0.3 is 50.9 Å². The summed E-state index contributed by atoms with van der Waals surface area (Å²) in [5.74, 6) is -1.95. The van der Waals surface area contributed by atoms with Gasteiger partial charge in [-0.15, -0.1) is 0 Å². The molecule has 2 saturated heterocycles. The van der Waals surface area contributed by atoms with E-state index < -0.39 is 47.9 Å². The van der Waals surface area contributed by atoms with E-state index in [9.17, 15) is 33.1 Å². The van der Waals surface area contributed by atoms with Crippen molar-refractivity contribution in [3.63, 3.8) is 0 Å². The smallest absolute Gasteiger partial charge is 0.245 e. The predicted molar refractivity (Wildman–Crippen MR) is 226 cm³/mol. The van der Waals surface area contributed by atoms with E-state index in [1.54, 1.807) is 52.1 Å². The van der Waals surface area contributed by atoms with Crippen LogP contribution in [0.1, 0.15) is 64.5 Å². The van der Waals surface area contributed by atoms with Crippen LogP contribution in [0.15, 0.2) is 36.4 Å². The number of aliphatic hydroxyl groups excluding tert-OH is 1. The third-order valence-electron chi connectivity index (χ3n) is 12.4. The minimum atomic E-state index is -0.806. The summed E-state index contributed by atoms with van der Waals surface area (Å²) in [4.78, 5) is 64.6. The van der Waals surface area contributed by atoms with E-state index in [1.165, 1.54) is 24.3 Å². The molecule has 6 rings (SSSR count). The Balaban J connectivity index is 1.41. The molecule has 14 nitrogen and oxygen atoms in total. The summed E-state index contributed by atoms with van der Waals surface area (Å²) in [6, 6.07) is 5.65. The highest BCUT2D eigenvalue weighted by atomic mass is 19.1. The van der Waals surface area contributed by atoms with E-state index in [1.807, 2.05) is 18.7 Å². The first-order chi connectivity index (χ1) is 28.7. The van der Waals surface area contributed by atoms with E-state index in [-0.39, 0.29) is 55.0 Å². The number of amides is 4. The summed E-state index contributed by atoms with van der Waals surface area (Å²) < 4.78 is 35.3. The number of hydrogen-bond acceptors (Lipinski definition) is 8. The molecule has 0 radical (unpaired) electrons. The molecule has 4 aromatic rings. The minimum absolute atomic E-state index is 0.0293. The van der Waals surface area contributed by atoms with Crippen LogP contribution in [0.2, 0.25) is 0 Å². The number of aromatic amines is 2. The van der Waals surface area contributed by atoms with Gasteiger partial charge in [0.2, 0.25) is 23.6 Å². The van der Waals surface area contributed by atoms with E-state index in [2.05, 4.69) is 31.2 Å². The Morgan fingerprint density at radius 2 is 1.22 bits per heavy atom. The van der Waals surface area contributed by atoms with Gasteiger partial charge in [0.15, 0.2) is 0 Å². The maximum absolute atomic E-state index is 14.9. The lowest BCUT2D eigenvalue weighted by Gasteiger charge is -2.30. The summed E-state index contributed by atoms with van der Waals surface area (Å²) >= 11 is 0. The Morgan fingerprint density at radius 3 is 1.65 bits per heavy atom. The second kappa shape index (κ2) is 19.2. The van der Waals surface area contributed by atoms with Gasteiger partial charge in [-0.2, -0.15) is 0 Å². The molecule has 0 bridgehead atoms. The average molecular weight is 835 g/mol. The van der Waals surface area contributed by atoms with Crippen molar-refractivity contribution in [2.45, 2.75) is 109 Å². The van der Waals surface area contributed by atoms with Crippen LogP contribution in [-0.2, 0) is 36.8 Å². The van der Waals surface area contributed by atoms with Crippen molar-refractivity contribution in [3.8, 4) is 11.4 Å². The number of likely N-dealkylation sites (tertiary alicyclic amines) is 2. The van der Waals surface area contributed by atoms with Crippen molar-refractivity contribution >= 4 is 45.4 Å². The van der Waals surface area contributed by atoms with E-state index in [0.717, 1.165) is 16.5 Å². The quantitative estimate of drug-likeness (QED) is 0.0844. The number of nitrogens with zero attached hydrogens (tertiary/aromatic N) is 2. The van der Waals surface area contributed by atoms with Crippen LogP contribution >= 0.6 is 0 Å². The van der Waals surface area contributed by atoms with E-state index in [0.29, 0.717) is 66.6 Å². The zero-order valence-electron chi connectivity index (χ0n) is 35.6. The lowest BCUT2D eigenvalue weighted by molar-refractivity contribution is -0.138. The second-order valence-corrected chi connectivity index (χ2v) is 16.4. The molecule has 2 aromatic heterocycles. The van der Waals surface area contributed by atoms with E-state index in [4.69, 9.17) is 4.74 Å². The molecule has 4 amide bonds. The zero-order chi connectivity index (χ0) is 43.4. The summed E-state index contributed by atoms with van der Waals surface area (Å²) in [7, 11) is 4.97. The van der Waals surface area contributed by atoms with Crippen LogP contribution in [0, 0.1) is 17.6 Å². The summed E-state index contributed by atoms with van der Waals surface area (Å²) in [5, 5.41) is 24.0. The standard InChI is InChI=1S/C44H60F2N8O6/c1-8-35(51-41(56)23(3)47-5)43(58)53-20-25(22-60-7)14-28(53)18-33-31-12-10-26(45)15-37(31)49-39(33)40-34(32-13-11-27(46)16-38(32)50-40)19-29-17-30(55)21-54(29)44(59)36(9-2)52-42(57)24(4)48-6/h10-13,15-16,23-25,28-30,35-36,47-50,55H,8-9,14,17-22H2,1-7H3,(H,51,56)(H,52,57). The number of fused-ring (bicyclic) bond motifs is 2. The maximum Gasteiger partial charge on any atom is 0.245 e. The molecule has 0 aliphatic carbocycles. The van der Waals surface area contributed by atoms with Crippen molar-refractivity contribution in [2.24, 2.45) is 5.92 Å². The number of benzene rings is 2. The largest absolute Gasteiger partial charge is 0.391 e. The number of rotatable bonds is 17. The number of hydrogen-bond donors (Lipinski definition) is 7. The van der Waals surface area contributed by atoms with Gasteiger partial charge in [0.05, 0.1) is 36.2 Å². The van der Waals surface area contributed by atoms with Gasteiger partial charge in [0, 0.05) is 60.0 Å². The maximum atomic E-state index is 14.9. The van der Waals surface area contributed by atoms with Crippen LogP contribution in [0.5, 0.6) is 0 Å². The van der Waals surface area contributed by atoms with Crippen molar-refractivity contribution in [1.82, 2.24) is 41.0 Å². The number of H-pyrrole nitrogens is 2. The topological polar surface area (TPSA) is 184 Å². The average Bonchev–Trinajstić information content (AvgIpc) is 4.00. The molecule has 7 N–H and O–H groups in total. The van der Waals surface area contributed by atoms with E-state index >= 15 is 0 Å². The number of likely N-dealkylation sites (N-methyl/N-ethyl adjacent to an activating group) is 2. The first-order valence-electron chi connectivity index (χ1n) is 21.0. The fourth-order valence-corrected chi connectivity index (χ4v) is 8.90. The predicted octanol–water partition coefficient (Wildman–Crippen LogP) is 3.51. The van der Waals surface area contributed by atoms with Gasteiger partial charge in [0.25, 0.3) is 0 Å². The van der Waals surface area contributed by atoms with Crippen LogP contribution < -0.4 is 21.3 Å². The Morgan fingerprint density at radius 1 is 0.767 bits per heavy atom. The third-order valence-corrected chi connectivity index (χ3v) is 12.4. The molecule has 60 heavy (non-hydrogen) atoms. The van der Waals surface area contributed by atoms with Crippen LogP contribution in [0.4, 0.5) is 8.78 Å². The molecule has 0 spiro atoms. The molecule has 0 saturated carbocycles. The number of carbonyl (C=O) groups is 4. The highest BCUT2D eigenvalue weighted by Crippen LogP contribution is 2.40. The normalized spacial score (nSPS) is 21.4. The van der Waals surface area contributed by atoms with Crippen molar-refractivity contribution in [2.75, 3.05) is 40.9 Å². The lowest BCUT2D eigenvalue weighted by Crippen LogP contribution is -2.53. The Hall–Kier alpha value is -4.90. The second-order valence-electron chi connectivity index (χ2n) is 16.4. The molecular formula is C44H60F2N8O6. The lowest BCUT2D eigenvalue weighted by atomic mass is 9.94. The Bertz CT molecular complexity index is 2190. The molecule has 2 aromatic carbocycles. The number of aliphatic hydroxyl groups is 1. The highest BCUT2D eigenvalue weighted by molar-refractivity contribution is 5.97. The van der Waals surface area contributed by atoms with Gasteiger partial charge in [-0.3, -0.25) is 19.2 Å². The van der Waals surface area contributed by atoms with Gasteiger partial charge in [0.1, 0.15) is 23.7 Å². The molecule has 8 atom stereocenters. The van der Waals surface area contributed by atoms with Gasteiger partial charge in [-0.25, -0.2) is 8.78 Å². The minimum Gasteiger partial charge on any atom is -0.391 e. The fourth-order valence-electron chi connectivity index (χ4n) is 8.90. The third kappa shape index (κ3) is 9.36.